The molecule has 5 nitrogen and oxygen atoms in total. The van der Waals surface area contributed by atoms with E-state index in [2.05, 4.69) is 0 Å². The van der Waals surface area contributed by atoms with Crippen LogP contribution in [0.5, 0.6) is 0 Å². The highest BCUT2D eigenvalue weighted by atomic mass is 16.6. The predicted octanol–water partition coefficient (Wildman–Crippen LogP) is 4.08. The van der Waals surface area contributed by atoms with Crippen LogP contribution >= 0.6 is 0 Å². The van der Waals surface area contributed by atoms with E-state index in [1.807, 2.05) is 6.07 Å². The lowest BCUT2D eigenvalue weighted by molar-refractivity contribution is -0.384. The number of non-ortho nitro benzene ring substituents is 1. The van der Waals surface area contributed by atoms with Gasteiger partial charge in [0.15, 0.2) is 5.78 Å². The molecule has 0 aliphatic carbocycles. The fourth-order valence-electron chi connectivity index (χ4n) is 2.49. The van der Waals surface area contributed by atoms with Crippen LogP contribution < -0.4 is 5.73 Å². The Morgan fingerprint density at radius 2 is 1.58 bits per heavy atom. The molecule has 0 unspecified atom stereocenters. The zero-order valence-electron chi connectivity index (χ0n) is 12.7. The molecule has 3 aromatic rings. The Balaban J connectivity index is 2.17. The Labute approximate surface area is 138 Å². The molecule has 0 atom stereocenters. The number of nitrogen functional groups attached to an aromatic ring is 1. The second kappa shape index (κ2) is 6.34. The van der Waals surface area contributed by atoms with Gasteiger partial charge in [-0.25, -0.2) is 0 Å². The second-order valence-corrected chi connectivity index (χ2v) is 5.30. The highest BCUT2D eigenvalue weighted by Crippen LogP contribution is 2.30. The van der Waals surface area contributed by atoms with Crippen molar-refractivity contribution in [1.82, 2.24) is 0 Å². The third-order valence-corrected chi connectivity index (χ3v) is 3.72. The van der Waals surface area contributed by atoms with Crippen molar-refractivity contribution < 1.29 is 9.72 Å². The normalized spacial score (nSPS) is 10.3. The first-order chi connectivity index (χ1) is 11.6. The van der Waals surface area contributed by atoms with E-state index in [0.29, 0.717) is 27.9 Å². The monoisotopic (exact) mass is 318 g/mol. The minimum atomic E-state index is -0.475. The molecular weight excluding hydrogens is 304 g/mol. The van der Waals surface area contributed by atoms with Crippen molar-refractivity contribution in [2.24, 2.45) is 0 Å². The number of nitro groups is 1. The number of carbonyl (C=O) groups excluding carboxylic acids is 1. The molecule has 0 bridgehead atoms. The molecule has 0 fully saturated rings. The maximum Gasteiger partial charge on any atom is 0.270 e. The second-order valence-electron chi connectivity index (χ2n) is 5.30. The number of nitrogens with zero attached hydrogens (tertiary/aromatic N) is 1. The van der Waals surface area contributed by atoms with Crippen LogP contribution in [0.4, 0.5) is 11.4 Å². The van der Waals surface area contributed by atoms with Crippen LogP contribution in [0.25, 0.3) is 11.1 Å². The van der Waals surface area contributed by atoms with E-state index >= 15 is 0 Å². The van der Waals surface area contributed by atoms with Crippen molar-refractivity contribution in [2.45, 2.75) is 0 Å². The SMILES string of the molecule is Nc1ccc(-c2cc([N+](=O)[O-])ccc2C(=O)c2ccccc2)cc1. The van der Waals surface area contributed by atoms with Crippen LogP contribution in [0, 0.1) is 10.1 Å². The molecule has 2 N–H and O–H groups in total. The lowest BCUT2D eigenvalue weighted by Gasteiger charge is -2.10. The van der Waals surface area contributed by atoms with E-state index in [1.54, 1.807) is 48.5 Å². The number of rotatable bonds is 4. The van der Waals surface area contributed by atoms with Crippen molar-refractivity contribution in [3.05, 3.63) is 94.0 Å². The summed E-state index contributed by atoms with van der Waals surface area (Å²) in [5, 5.41) is 11.1. The van der Waals surface area contributed by atoms with Gasteiger partial charge >= 0.3 is 0 Å². The van der Waals surface area contributed by atoms with Gasteiger partial charge in [-0.05, 0) is 29.3 Å². The summed E-state index contributed by atoms with van der Waals surface area (Å²) in [7, 11) is 0. The summed E-state index contributed by atoms with van der Waals surface area (Å²) in [4.78, 5) is 23.4. The predicted molar refractivity (Wildman–Crippen MR) is 92.8 cm³/mol. The van der Waals surface area contributed by atoms with E-state index in [9.17, 15) is 14.9 Å². The molecule has 0 heterocycles. The molecule has 0 saturated heterocycles. The van der Waals surface area contributed by atoms with Crippen molar-refractivity contribution in [2.75, 3.05) is 5.73 Å². The van der Waals surface area contributed by atoms with Crippen molar-refractivity contribution >= 4 is 17.2 Å². The Bertz CT molecular complexity index is 904. The number of hydrogen-bond acceptors (Lipinski definition) is 4. The maximum atomic E-state index is 12.8. The minimum Gasteiger partial charge on any atom is -0.399 e. The fourth-order valence-corrected chi connectivity index (χ4v) is 2.49. The van der Waals surface area contributed by atoms with Gasteiger partial charge in [0.2, 0.25) is 0 Å². The molecule has 0 aliphatic heterocycles. The van der Waals surface area contributed by atoms with Gasteiger partial charge < -0.3 is 5.73 Å². The molecule has 5 heteroatoms. The lowest BCUT2D eigenvalue weighted by atomic mass is 9.93. The Kier molecular flexibility index (Phi) is 4.07. The van der Waals surface area contributed by atoms with Crippen LogP contribution in [0.15, 0.2) is 72.8 Å². The number of nitrogens with two attached hydrogens (primary N) is 1. The van der Waals surface area contributed by atoms with Gasteiger partial charge in [0.05, 0.1) is 4.92 Å². The molecule has 0 saturated carbocycles. The van der Waals surface area contributed by atoms with Crippen LogP contribution in [-0.2, 0) is 0 Å². The Morgan fingerprint density at radius 1 is 0.917 bits per heavy atom. The molecular formula is C19H14N2O3. The Morgan fingerprint density at radius 3 is 2.21 bits per heavy atom. The third-order valence-electron chi connectivity index (χ3n) is 3.72. The minimum absolute atomic E-state index is 0.0635. The third kappa shape index (κ3) is 3.01. The van der Waals surface area contributed by atoms with Crippen LogP contribution in [0.1, 0.15) is 15.9 Å². The lowest BCUT2D eigenvalue weighted by Crippen LogP contribution is -2.04. The number of benzene rings is 3. The number of anilines is 1. The summed E-state index contributed by atoms with van der Waals surface area (Å²) < 4.78 is 0. The first kappa shape index (κ1) is 15.4. The molecule has 0 amide bonds. The summed E-state index contributed by atoms with van der Waals surface area (Å²) in [6.07, 6.45) is 0. The summed E-state index contributed by atoms with van der Waals surface area (Å²) >= 11 is 0. The zero-order valence-corrected chi connectivity index (χ0v) is 12.7. The van der Waals surface area contributed by atoms with E-state index in [1.165, 1.54) is 18.2 Å². The number of carbonyl (C=O) groups is 1. The standard InChI is InChI=1S/C19H14N2O3/c20-15-8-6-13(7-9-15)18-12-16(21(23)24)10-11-17(18)19(22)14-4-2-1-3-5-14/h1-12H,20H2. The fraction of sp³-hybridized carbons (Fsp3) is 0. The van der Waals surface area contributed by atoms with E-state index < -0.39 is 4.92 Å². The van der Waals surface area contributed by atoms with Gasteiger partial charge in [-0.15, -0.1) is 0 Å². The topological polar surface area (TPSA) is 86.2 Å². The highest BCUT2D eigenvalue weighted by molar-refractivity contribution is 6.13. The largest absolute Gasteiger partial charge is 0.399 e. The number of ketones is 1. The van der Waals surface area contributed by atoms with Gasteiger partial charge in [-0.1, -0.05) is 42.5 Å². The van der Waals surface area contributed by atoms with Crippen molar-refractivity contribution in [3.63, 3.8) is 0 Å². The van der Waals surface area contributed by atoms with Gasteiger partial charge in [0, 0.05) is 28.9 Å². The van der Waals surface area contributed by atoms with Crippen LogP contribution in [0.2, 0.25) is 0 Å². The molecule has 3 rings (SSSR count). The van der Waals surface area contributed by atoms with E-state index in [0.717, 1.165) is 0 Å². The highest BCUT2D eigenvalue weighted by Gasteiger charge is 2.18. The van der Waals surface area contributed by atoms with E-state index in [-0.39, 0.29) is 11.5 Å². The molecule has 0 radical (unpaired) electrons. The molecule has 24 heavy (non-hydrogen) atoms. The first-order valence-electron chi connectivity index (χ1n) is 7.30. The summed E-state index contributed by atoms with van der Waals surface area (Å²) in [5.74, 6) is -0.183. The maximum absolute atomic E-state index is 12.8. The van der Waals surface area contributed by atoms with Crippen molar-refractivity contribution in [1.29, 1.82) is 0 Å². The molecule has 118 valence electrons. The quantitative estimate of drug-likeness (QED) is 0.340. The number of nitro benzene ring substituents is 1. The molecule has 3 aromatic carbocycles. The van der Waals surface area contributed by atoms with Gasteiger partial charge in [-0.2, -0.15) is 0 Å². The smallest absolute Gasteiger partial charge is 0.270 e. The van der Waals surface area contributed by atoms with Gasteiger partial charge in [0.25, 0.3) is 5.69 Å². The summed E-state index contributed by atoms with van der Waals surface area (Å²) in [5.41, 5.74) is 8.37. The summed E-state index contributed by atoms with van der Waals surface area (Å²) in [6.45, 7) is 0. The average Bonchev–Trinajstić information content (AvgIpc) is 2.62. The Hall–Kier alpha value is -3.47. The average molecular weight is 318 g/mol. The van der Waals surface area contributed by atoms with Crippen LogP contribution in [0.3, 0.4) is 0 Å². The zero-order chi connectivity index (χ0) is 17.1. The first-order valence-corrected chi connectivity index (χ1v) is 7.30. The van der Waals surface area contributed by atoms with Gasteiger partial charge in [-0.3, -0.25) is 14.9 Å². The van der Waals surface area contributed by atoms with Crippen molar-refractivity contribution in [3.8, 4) is 11.1 Å². The van der Waals surface area contributed by atoms with Gasteiger partial charge in [0.1, 0.15) is 0 Å². The molecule has 0 aromatic heterocycles. The molecule has 0 spiro atoms. The summed E-state index contributed by atoms with van der Waals surface area (Å²) in [6, 6.07) is 20.0. The number of hydrogen-bond donors (Lipinski definition) is 1. The van der Waals surface area contributed by atoms with Crippen LogP contribution in [-0.4, -0.2) is 10.7 Å². The molecule has 0 aliphatic rings. The van der Waals surface area contributed by atoms with E-state index in [4.69, 9.17) is 5.73 Å².